The highest BCUT2D eigenvalue weighted by Gasteiger charge is 2.54. The van der Waals surface area contributed by atoms with E-state index in [0.29, 0.717) is 77.2 Å². The Balaban J connectivity index is 0.732. The van der Waals surface area contributed by atoms with Crippen LogP contribution in [0.15, 0.2) is 0 Å². The number of hydrogen-bond donors (Lipinski definition) is 6. The van der Waals surface area contributed by atoms with Crippen LogP contribution in [0.25, 0.3) is 0 Å². The Labute approximate surface area is 420 Å². The molecule has 0 radical (unpaired) electrons. The lowest BCUT2D eigenvalue weighted by Crippen LogP contribution is -2.54. The number of carbonyl (C=O) groups is 8. The molecule has 8 atom stereocenters. The number of ether oxygens (including phenoxy) is 5. The number of sulfonamides is 1. The van der Waals surface area contributed by atoms with Gasteiger partial charge in [-0.1, -0.05) is 19.3 Å². The third-order valence-electron chi connectivity index (χ3n) is 13.9. The lowest BCUT2D eigenvalue weighted by Gasteiger charge is -2.28. The topological polar surface area (TPSA) is 296 Å². The SMILES string of the molecule is CS(=O)(=O)N1CCC(C(=O)N[C@@H](CCOCCCC(=O)NCCOCCOCCOCCNC(=O)COC2CCC3C(=O)N(C4CCC(=O)NC4=O)C(=O)C3C2)C(=O)NC2NC(C3CCCCC3)CS2)C1. The van der Waals surface area contributed by atoms with Crippen LogP contribution in [0.4, 0.5) is 0 Å². The number of carbonyl (C=O) groups excluding carboxylic acids is 8. The maximum atomic E-state index is 13.5. The van der Waals surface area contributed by atoms with Gasteiger partial charge in [-0.15, -0.1) is 11.8 Å². The van der Waals surface area contributed by atoms with E-state index in [0.717, 1.165) is 16.9 Å². The fourth-order valence-corrected chi connectivity index (χ4v) is 12.1. The minimum absolute atomic E-state index is 0.0634. The van der Waals surface area contributed by atoms with Gasteiger partial charge in [0.25, 0.3) is 0 Å². The summed E-state index contributed by atoms with van der Waals surface area (Å²) in [6.07, 6.45) is 9.45. The molecule has 7 unspecified atom stereocenters. The Morgan fingerprint density at radius 1 is 0.789 bits per heavy atom. The summed E-state index contributed by atoms with van der Waals surface area (Å²) < 4.78 is 53.4. The number of amides is 8. The van der Waals surface area contributed by atoms with Gasteiger partial charge in [0.15, 0.2) is 0 Å². The molecule has 6 aliphatic rings. The van der Waals surface area contributed by atoms with Crippen LogP contribution >= 0.6 is 11.8 Å². The lowest BCUT2D eigenvalue weighted by molar-refractivity contribution is -0.151. The van der Waals surface area contributed by atoms with Gasteiger partial charge in [-0.3, -0.25) is 53.9 Å². The van der Waals surface area contributed by atoms with Gasteiger partial charge >= 0.3 is 0 Å². The number of hydrogen-bond acceptors (Lipinski definition) is 17. The third kappa shape index (κ3) is 17.7. The van der Waals surface area contributed by atoms with E-state index in [9.17, 15) is 46.8 Å². The quantitative estimate of drug-likeness (QED) is 0.0382. The summed E-state index contributed by atoms with van der Waals surface area (Å²) >= 11 is 1.65. The van der Waals surface area contributed by atoms with Crippen LogP contribution in [0.2, 0.25) is 0 Å². The van der Waals surface area contributed by atoms with Crippen molar-refractivity contribution >= 4 is 69.0 Å². The van der Waals surface area contributed by atoms with Crippen LogP contribution in [0.1, 0.15) is 89.9 Å². The van der Waals surface area contributed by atoms with Crippen molar-refractivity contribution in [3.05, 3.63) is 0 Å². The molecule has 25 heteroatoms. The first-order chi connectivity index (χ1) is 34.2. The van der Waals surface area contributed by atoms with Crippen LogP contribution in [-0.4, -0.2) is 192 Å². The molecule has 0 aromatic heterocycles. The molecule has 0 aromatic carbocycles. The molecule has 0 spiro atoms. The van der Waals surface area contributed by atoms with Crippen molar-refractivity contribution in [1.29, 1.82) is 0 Å². The maximum absolute atomic E-state index is 13.5. The van der Waals surface area contributed by atoms with Crippen LogP contribution < -0.4 is 31.9 Å². The number of likely N-dealkylation sites (tertiary alicyclic amines) is 1. The average molecular weight is 1040 g/mol. The summed E-state index contributed by atoms with van der Waals surface area (Å²) in [5, 5.41) is 17.2. The largest absolute Gasteiger partial charge is 0.381 e. The highest BCUT2D eigenvalue weighted by Crippen LogP contribution is 2.41. The van der Waals surface area contributed by atoms with Crippen LogP contribution in [0.5, 0.6) is 0 Å². The molecule has 4 heterocycles. The fraction of sp³-hybridized carbons (Fsp3) is 0.826. The Kier molecular flexibility index (Phi) is 22.7. The van der Waals surface area contributed by atoms with E-state index in [4.69, 9.17) is 23.7 Å². The van der Waals surface area contributed by atoms with Crippen molar-refractivity contribution in [2.45, 2.75) is 120 Å². The van der Waals surface area contributed by atoms with Crippen LogP contribution in [-0.2, 0) is 72.1 Å². The monoisotopic (exact) mass is 1040 g/mol. The first-order valence-electron chi connectivity index (χ1n) is 25.3. The van der Waals surface area contributed by atoms with E-state index in [1.54, 1.807) is 11.8 Å². The van der Waals surface area contributed by atoms with Gasteiger partial charge in [0, 0.05) is 64.0 Å². The van der Waals surface area contributed by atoms with E-state index in [2.05, 4.69) is 31.9 Å². The molecule has 23 nitrogen and oxygen atoms in total. The number of thioether (sulfide) groups is 1. The first-order valence-corrected chi connectivity index (χ1v) is 28.2. The Hall–Kier alpha value is -3.82. The molecule has 6 rings (SSSR count). The summed E-state index contributed by atoms with van der Waals surface area (Å²) in [6, 6.07) is -1.52. The van der Waals surface area contributed by atoms with Gasteiger partial charge in [-0.05, 0) is 63.7 Å². The molecule has 8 amide bonds. The van der Waals surface area contributed by atoms with Crippen molar-refractivity contribution in [3.8, 4) is 0 Å². The van der Waals surface area contributed by atoms with Gasteiger partial charge in [-0.25, -0.2) is 12.7 Å². The summed E-state index contributed by atoms with van der Waals surface area (Å²) in [5.41, 5.74) is -0.268. The second kappa shape index (κ2) is 28.6. The second-order valence-corrected chi connectivity index (χ2v) is 22.2. The summed E-state index contributed by atoms with van der Waals surface area (Å²) in [6.45, 7) is 2.97. The van der Waals surface area contributed by atoms with Crippen molar-refractivity contribution in [2.24, 2.45) is 23.7 Å². The molecular weight excluding hydrogens is 969 g/mol. The minimum Gasteiger partial charge on any atom is -0.381 e. The predicted octanol–water partition coefficient (Wildman–Crippen LogP) is -1.12. The number of piperidine rings is 1. The van der Waals surface area contributed by atoms with Gasteiger partial charge in [0.2, 0.25) is 57.3 Å². The number of nitrogens with zero attached hydrogens (tertiary/aromatic N) is 2. The highest BCUT2D eigenvalue weighted by molar-refractivity contribution is 8.00. The molecule has 71 heavy (non-hydrogen) atoms. The maximum Gasteiger partial charge on any atom is 0.249 e. The molecule has 4 saturated heterocycles. The third-order valence-corrected chi connectivity index (χ3v) is 16.3. The molecule has 2 aliphatic carbocycles. The summed E-state index contributed by atoms with van der Waals surface area (Å²) in [7, 11) is -3.43. The lowest BCUT2D eigenvalue weighted by atomic mass is 9.79. The number of rotatable bonds is 29. The molecule has 2 saturated carbocycles. The molecule has 6 fully saturated rings. The molecule has 0 bridgehead atoms. The van der Waals surface area contributed by atoms with Gasteiger partial charge < -0.3 is 45.0 Å². The zero-order valence-corrected chi connectivity index (χ0v) is 42.5. The van der Waals surface area contributed by atoms with Crippen molar-refractivity contribution in [2.75, 3.05) is 97.6 Å². The summed E-state index contributed by atoms with van der Waals surface area (Å²) in [5.74, 6) is -3.28. The van der Waals surface area contributed by atoms with E-state index in [1.165, 1.54) is 36.4 Å². The van der Waals surface area contributed by atoms with Crippen molar-refractivity contribution in [1.82, 2.24) is 41.1 Å². The Bertz CT molecular complexity index is 1960. The number of fused-ring (bicyclic) bond motifs is 1. The van der Waals surface area contributed by atoms with Crippen molar-refractivity contribution in [3.63, 3.8) is 0 Å². The van der Waals surface area contributed by atoms with E-state index in [-0.39, 0.29) is 119 Å². The smallest absolute Gasteiger partial charge is 0.249 e. The van der Waals surface area contributed by atoms with Crippen LogP contribution in [0, 0.1) is 23.7 Å². The average Bonchev–Trinajstić information content (AvgIpc) is 4.10. The van der Waals surface area contributed by atoms with Gasteiger partial charge in [-0.2, -0.15) is 0 Å². The molecular formula is C46H74N8O15S2. The standard InChI is InChI=1S/C46H74N8O15S2/c1-71(63,64)53-17-13-31(27-53)41(58)49-35(42(59)52-46-50-36(29-70-46)30-6-3-2-4-7-30)14-19-65-18-5-8-38(55)47-15-20-66-22-24-68-25-23-67-21-16-48-40(57)28-69-32-9-10-33-34(26-32)45(62)54(44(33)61)37-11-12-39(56)51-43(37)60/h30-37,46,50H,2-29H2,1H3,(H,47,55)(H,48,57)(H,49,58)(H,52,59)(H,51,56,60)/t31?,32?,33?,34?,35-,36?,37?,46?/m0/s1. The molecule has 400 valence electrons. The van der Waals surface area contributed by atoms with Gasteiger partial charge in [0.1, 0.15) is 24.2 Å². The number of imide groups is 2. The van der Waals surface area contributed by atoms with Crippen LogP contribution in [0.3, 0.4) is 0 Å². The summed E-state index contributed by atoms with van der Waals surface area (Å²) in [4.78, 5) is 102. The molecule has 4 aliphatic heterocycles. The predicted molar refractivity (Wildman–Crippen MR) is 256 cm³/mol. The Morgan fingerprint density at radius 2 is 1.46 bits per heavy atom. The number of nitrogens with one attached hydrogen (secondary N) is 6. The first kappa shape index (κ1) is 56.5. The van der Waals surface area contributed by atoms with E-state index in [1.807, 2.05) is 0 Å². The fourth-order valence-electron chi connectivity index (χ4n) is 10.0. The zero-order valence-electron chi connectivity index (χ0n) is 40.8. The van der Waals surface area contributed by atoms with Crippen molar-refractivity contribution < 1.29 is 70.5 Å². The zero-order chi connectivity index (χ0) is 50.8. The molecule has 6 N–H and O–H groups in total. The van der Waals surface area contributed by atoms with E-state index < -0.39 is 57.6 Å². The Morgan fingerprint density at radius 3 is 2.15 bits per heavy atom. The second-order valence-electron chi connectivity index (χ2n) is 19.1. The minimum atomic E-state index is -3.43. The highest BCUT2D eigenvalue weighted by atomic mass is 32.2. The van der Waals surface area contributed by atoms with Gasteiger partial charge in [0.05, 0.1) is 69.8 Å². The molecule has 0 aromatic rings. The normalized spacial score (nSPS) is 26.8. The van der Waals surface area contributed by atoms with E-state index >= 15 is 0 Å².